The van der Waals surface area contributed by atoms with Crippen LogP contribution in [0.3, 0.4) is 0 Å². The van der Waals surface area contributed by atoms with E-state index < -0.39 is 16.0 Å². The summed E-state index contributed by atoms with van der Waals surface area (Å²) in [5.74, 6) is -0.565. The van der Waals surface area contributed by atoms with Crippen LogP contribution in [0.2, 0.25) is 0 Å². The topological polar surface area (TPSA) is 104 Å². The van der Waals surface area contributed by atoms with Crippen molar-refractivity contribution < 1.29 is 17.9 Å². The SMILES string of the molecule is Cc1cccn2cc(COC(=O)c3ccc(S(N)(=O)=O)cc3)nc12. The smallest absolute Gasteiger partial charge is 0.338 e. The van der Waals surface area contributed by atoms with Crippen LogP contribution >= 0.6 is 0 Å². The molecule has 3 rings (SSSR count). The van der Waals surface area contributed by atoms with Gasteiger partial charge in [-0.1, -0.05) is 6.07 Å². The fraction of sp³-hybridized carbons (Fsp3) is 0.125. The minimum Gasteiger partial charge on any atom is -0.456 e. The number of esters is 1. The van der Waals surface area contributed by atoms with Gasteiger partial charge in [0.15, 0.2) is 0 Å². The van der Waals surface area contributed by atoms with Crippen molar-refractivity contribution in [2.75, 3.05) is 0 Å². The Bertz CT molecular complexity index is 1010. The maximum absolute atomic E-state index is 12.0. The van der Waals surface area contributed by atoms with Crippen LogP contribution in [0.1, 0.15) is 21.6 Å². The Morgan fingerprint density at radius 3 is 2.58 bits per heavy atom. The highest BCUT2D eigenvalue weighted by atomic mass is 32.2. The van der Waals surface area contributed by atoms with Crippen LogP contribution in [0.25, 0.3) is 5.65 Å². The van der Waals surface area contributed by atoms with E-state index >= 15 is 0 Å². The molecule has 2 N–H and O–H groups in total. The number of hydrogen-bond donors (Lipinski definition) is 1. The zero-order valence-electron chi connectivity index (χ0n) is 12.8. The summed E-state index contributed by atoms with van der Waals surface area (Å²) >= 11 is 0. The molecule has 3 aromatic rings. The molecule has 0 aliphatic rings. The third-order valence-electron chi connectivity index (χ3n) is 3.50. The number of aryl methyl sites for hydroxylation is 1. The quantitative estimate of drug-likeness (QED) is 0.724. The second-order valence-corrected chi connectivity index (χ2v) is 6.86. The van der Waals surface area contributed by atoms with E-state index in [2.05, 4.69) is 4.98 Å². The van der Waals surface area contributed by atoms with Gasteiger partial charge in [0.05, 0.1) is 16.2 Å². The lowest BCUT2D eigenvalue weighted by atomic mass is 10.2. The maximum Gasteiger partial charge on any atom is 0.338 e. The molecule has 0 spiro atoms. The molecule has 0 atom stereocenters. The van der Waals surface area contributed by atoms with E-state index in [-0.39, 0.29) is 17.1 Å². The van der Waals surface area contributed by atoms with Gasteiger partial charge < -0.3 is 9.14 Å². The van der Waals surface area contributed by atoms with Gasteiger partial charge in [-0.3, -0.25) is 0 Å². The highest BCUT2D eigenvalue weighted by molar-refractivity contribution is 7.89. The Hall–Kier alpha value is -2.71. The lowest BCUT2D eigenvalue weighted by Gasteiger charge is -2.03. The normalized spacial score (nSPS) is 11.6. The molecule has 0 saturated carbocycles. The fourth-order valence-electron chi connectivity index (χ4n) is 2.28. The Balaban J connectivity index is 1.71. The first-order valence-corrected chi connectivity index (χ1v) is 8.62. The van der Waals surface area contributed by atoms with E-state index in [1.165, 1.54) is 24.3 Å². The van der Waals surface area contributed by atoms with Crippen molar-refractivity contribution >= 4 is 21.6 Å². The molecule has 0 amide bonds. The van der Waals surface area contributed by atoms with E-state index in [0.29, 0.717) is 5.69 Å². The Morgan fingerprint density at radius 2 is 1.96 bits per heavy atom. The summed E-state index contributed by atoms with van der Waals surface area (Å²) in [6, 6.07) is 9.10. The van der Waals surface area contributed by atoms with Crippen LogP contribution in [0.15, 0.2) is 53.7 Å². The highest BCUT2D eigenvalue weighted by Crippen LogP contribution is 2.13. The molecule has 1 aromatic carbocycles. The molecule has 8 heteroatoms. The summed E-state index contributed by atoms with van der Waals surface area (Å²) in [4.78, 5) is 16.4. The number of carbonyl (C=O) groups is 1. The number of sulfonamides is 1. The number of nitrogens with zero attached hydrogens (tertiary/aromatic N) is 2. The van der Waals surface area contributed by atoms with Crippen molar-refractivity contribution in [2.24, 2.45) is 5.14 Å². The van der Waals surface area contributed by atoms with Gasteiger partial charge in [0.1, 0.15) is 12.3 Å². The van der Waals surface area contributed by atoms with Gasteiger partial charge in [0, 0.05) is 12.4 Å². The maximum atomic E-state index is 12.0. The largest absolute Gasteiger partial charge is 0.456 e. The molecule has 0 unspecified atom stereocenters. The van der Waals surface area contributed by atoms with Crippen molar-refractivity contribution in [1.29, 1.82) is 0 Å². The van der Waals surface area contributed by atoms with Crippen LogP contribution < -0.4 is 5.14 Å². The predicted molar refractivity (Wildman–Crippen MR) is 86.9 cm³/mol. The minimum atomic E-state index is -3.78. The zero-order chi connectivity index (χ0) is 17.3. The Morgan fingerprint density at radius 1 is 1.25 bits per heavy atom. The third kappa shape index (κ3) is 3.29. The average Bonchev–Trinajstić information content (AvgIpc) is 2.96. The third-order valence-corrected chi connectivity index (χ3v) is 4.43. The van der Waals surface area contributed by atoms with E-state index in [1.807, 2.05) is 29.7 Å². The van der Waals surface area contributed by atoms with E-state index in [4.69, 9.17) is 9.88 Å². The summed E-state index contributed by atoms with van der Waals surface area (Å²) in [5, 5.41) is 5.01. The lowest BCUT2D eigenvalue weighted by molar-refractivity contribution is 0.0468. The van der Waals surface area contributed by atoms with Gasteiger partial charge in [-0.05, 0) is 42.8 Å². The first kappa shape index (κ1) is 16.2. The first-order valence-electron chi connectivity index (χ1n) is 7.08. The van der Waals surface area contributed by atoms with Gasteiger partial charge >= 0.3 is 5.97 Å². The molecule has 24 heavy (non-hydrogen) atoms. The van der Waals surface area contributed by atoms with E-state index in [9.17, 15) is 13.2 Å². The minimum absolute atomic E-state index is 0.0247. The average molecular weight is 345 g/mol. The van der Waals surface area contributed by atoms with Crippen LogP contribution in [0, 0.1) is 6.92 Å². The van der Waals surface area contributed by atoms with E-state index in [1.54, 1.807) is 6.20 Å². The summed E-state index contributed by atoms with van der Waals surface area (Å²) in [7, 11) is -3.78. The Kier molecular flexibility index (Phi) is 4.08. The molecule has 2 aromatic heterocycles. The number of aromatic nitrogens is 2. The van der Waals surface area contributed by atoms with Gasteiger partial charge in [0.25, 0.3) is 0 Å². The highest BCUT2D eigenvalue weighted by Gasteiger charge is 2.12. The van der Waals surface area contributed by atoms with Crippen LogP contribution in [0.4, 0.5) is 0 Å². The van der Waals surface area contributed by atoms with Gasteiger partial charge in [0.2, 0.25) is 10.0 Å². The number of imidazole rings is 1. The number of ether oxygens (including phenoxy) is 1. The molecular formula is C16H15N3O4S. The summed E-state index contributed by atoms with van der Waals surface area (Å²) < 4.78 is 29.5. The number of benzene rings is 1. The number of rotatable bonds is 4. The van der Waals surface area contributed by atoms with Crippen LogP contribution in [-0.4, -0.2) is 23.8 Å². The van der Waals surface area contributed by atoms with Crippen LogP contribution in [-0.2, 0) is 21.4 Å². The molecule has 0 aliphatic carbocycles. The van der Waals surface area contributed by atoms with Crippen molar-refractivity contribution in [3.63, 3.8) is 0 Å². The molecular weight excluding hydrogens is 330 g/mol. The lowest BCUT2D eigenvalue weighted by Crippen LogP contribution is -2.12. The first-order chi connectivity index (χ1) is 11.3. The van der Waals surface area contributed by atoms with Crippen molar-refractivity contribution in [1.82, 2.24) is 9.38 Å². The van der Waals surface area contributed by atoms with E-state index in [0.717, 1.165) is 11.2 Å². The second-order valence-electron chi connectivity index (χ2n) is 5.30. The molecule has 0 radical (unpaired) electrons. The number of pyridine rings is 1. The van der Waals surface area contributed by atoms with Crippen LogP contribution in [0.5, 0.6) is 0 Å². The Labute approximate surface area is 138 Å². The van der Waals surface area contributed by atoms with Gasteiger partial charge in [-0.15, -0.1) is 0 Å². The van der Waals surface area contributed by atoms with Gasteiger partial charge in [-0.25, -0.2) is 23.3 Å². The fourth-order valence-corrected chi connectivity index (χ4v) is 2.79. The standard InChI is InChI=1S/C16H15N3O4S/c1-11-3-2-8-19-9-13(18-15(11)19)10-23-16(20)12-4-6-14(7-5-12)24(17,21)22/h2-9H,10H2,1H3,(H2,17,21,22). The summed E-state index contributed by atoms with van der Waals surface area (Å²) in [6.45, 7) is 1.97. The number of primary sulfonamides is 1. The number of hydrogen-bond acceptors (Lipinski definition) is 5. The molecule has 0 saturated heterocycles. The van der Waals surface area contributed by atoms with Crippen molar-refractivity contribution in [3.8, 4) is 0 Å². The van der Waals surface area contributed by atoms with Crippen molar-refractivity contribution in [2.45, 2.75) is 18.4 Å². The molecule has 7 nitrogen and oxygen atoms in total. The molecule has 0 bridgehead atoms. The molecule has 0 aliphatic heterocycles. The number of carbonyl (C=O) groups excluding carboxylic acids is 1. The number of fused-ring (bicyclic) bond motifs is 1. The predicted octanol–water partition coefficient (Wildman–Crippen LogP) is 1.65. The number of nitrogens with two attached hydrogens (primary N) is 1. The molecule has 0 fully saturated rings. The van der Waals surface area contributed by atoms with Crippen molar-refractivity contribution in [3.05, 3.63) is 65.6 Å². The second kappa shape index (κ2) is 6.06. The van der Waals surface area contributed by atoms with Gasteiger partial charge in [-0.2, -0.15) is 0 Å². The zero-order valence-corrected chi connectivity index (χ0v) is 13.7. The summed E-state index contributed by atoms with van der Waals surface area (Å²) in [6.07, 6.45) is 3.66. The monoisotopic (exact) mass is 345 g/mol. The summed E-state index contributed by atoms with van der Waals surface area (Å²) in [5.41, 5.74) is 2.69. The molecule has 124 valence electrons. The molecule has 2 heterocycles.